The highest BCUT2D eigenvalue weighted by molar-refractivity contribution is 5.47. The zero-order valence-corrected chi connectivity index (χ0v) is 11.2. The number of hydrogen-bond donors (Lipinski definition) is 1. The minimum atomic E-state index is 0.612. The molecule has 0 radical (unpaired) electrons. The van der Waals surface area contributed by atoms with Crippen LogP contribution in [0.15, 0.2) is 12.4 Å². The van der Waals surface area contributed by atoms with Crippen LogP contribution in [0.1, 0.15) is 19.8 Å². The van der Waals surface area contributed by atoms with E-state index in [1.807, 2.05) is 6.07 Å². The molecule has 18 heavy (non-hydrogen) atoms. The normalized spacial score (nSPS) is 19.6. The lowest BCUT2D eigenvalue weighted by Gasteiger charge is -2.27. The summed E-state index contributed by atoms with van der Waals surface area (Å²) >= 11 is 0. The van der Waals surface area contributed by atoms with Crippen LogP contribution in [0.4, 0.5) is 11.6 Å². The monoisotopic (exact) mass is 250 g/mol. The molecule has 0 saturated carbocycles. The van der Waals surface area contributed by atoms with Crippen molar-refractivity contribution in [3.63, 3.8) is 0 Å². The third-order valence-electron chi connectivity index (χ3n) is 3.19. The van der Waals surface area contributed by atoms with Crippen LogP contribution in [0.5, 0.6) is 0 Å². The van der Waals surface area contributed by atoms with E-state index in [4.69, 9.17) is 4.74 Å². The second-order valence-electron chi connectivity index (χ2n) is 4.76. The summed E-state index contributed by atoms with van der Waals surface area (Å²) < 4.78 is 5.51. The minimum absolute atomic E-state index is 0.612. The maximum Gasteiger partial charge on any atom is 0.133 e. The second kappa shape index (κ2) is 6.54. The number of nitrogens with zero attached hydrogens (tertiary/aromatic N) is 3. The highest BCUT2D eigenvalue weighted by Crippen LogP contribution is 2.18. The number of aromatic nitrogens is 2. The van der Waals surface area contributed by atoms with E-state index in [1.54, 1.807) is 6.33 Å². The number of rotatable bonds is 5. The van der Waals surface area contributed by atoms with Gasteiger partial charge in [0.15, 0.2) is 0 Å². The maximum absolute atomic E-state index is 5.51. The Balaban J connectivity index is 1.94. The molecule has 1 aliphatic heterocycles. The fourth-order valence-corrected chi connectivity index (χ4v) is 2.27. The largest absolute Gasteiger partial charge is 0.381 e. The standard InChI is InChI=1S/C13H22N4O/c1-3-14-12-7-13(16-10-15-12)17(2)8-11-5-4-6-18-9-11/h7,10-11H,3-6,8-9H2,1-2H3,(H,14,15,16). The van der Waals surface area contributed by atoms with E-state index in [0.717, 1.165) is 37.9 Å². The van der Waals surface area contributed by atoms with Crippen LogP contribution >= 0.6 is 0 Å². The quantitative estimate of drug-likeness (QED) is 0.863. The van der Waals surface area contributed by atoms with Crippen LogP contribution in [-0.2, 0) is 4.74 Å². The maximum atomic E-state index is 5.51. The summed E-state index contributed by atoms with van der Waals surface area (Å²) in [5.74, 6) is 2.46. The van der Waals surface area contributed by atoms with Crippen molar-refractivity contribution in [1.82, 2.24) is 9.97 Å². The van der Waals surface area contributed by atoms with Gasteiger partial charge in [0, 0.05) is 32.8 Å². The van der Waals surface area contributed by atoms with Crippen molar-refractivity contribution in [1.29, 1.82) is 0 Å². The minimum Gasteiger partial charge on any atom is -0.381 e. The highest BCUT2D eigenvalue weighted by atomic mass is 16.5. The van der Waals surface area contributed by atoms with Gasteiger partial charge >= 0.3 is 0 Å². The highest BCUT2D eigenvalue weighted by Gasteiger charge is 2.16. The first kappa shape index (κ1) is 13.1. The SMILES string of the molecule is CCNc1cc(N(C)CC2CCCOC2)ncn1. The predicted molar refractivity (Wildman–Crippen MR) is 73.0 cm³/mol. The Morgan fingerprint density at radius 1 is 1.50 bits per heavy atom. The number of hydrogen-bond acceptors (Lipinski definition) is 5. The van der Waals surface area contributed by atoms with Crippen LogP contribution in [0.25, 0.3) is 0 Å². The smallest absolute Gasteiger partial charge is 0.133 e. The Kier molecular flexibility index (Phi) is 4.75. The van der Waals surface area contributed by atoms with Crippen molar-refractivity contribution in [2.75, 3.05) is 43.6 Å². The molecule has 0 aliphatic carbocycles. The van der Waals surface area contributed by atoms with Crippen LogP contribution < -0.4 is 10.2 Å². The molecule has 5 nitrogen and oxygen atoms in total. The number of nitrogens with one attached hydrogen (secondary N) is 1. The summed E-state index contributed by atoms with van der Waals surface area (Å²) in [7, 11) is 2.08. The van der Waals surface area contributed by atoms with Crippen molar-refractivity contribution in [3.8, 4) is 0 Å². The average molecular weight is 250 g/mol. The van der Waals surface area contributed by atoms with Crippen molar-refractivity contribution < 1.29 is 4.74 Å². The van der Waals surface area contributed by atoms with E-state index in [2.05, 4.69) is 34.2 Å². The Hall–Kier alpha value is -1.36. The van der Waals surface area contributed by atoms with Crippen LogP contribution in [0.2, 0.25) is 0 Å². The van der Waals surface area contributed by atoms with Gasteiger partial charge < -0.3 is 15.0 Å². The Morgan fingerprint density at radius 2 is 2.39 bits per heavy atom. The average Bonchev–Trinajstić information content (AvgIpc) is 2.40. The van der Waals surface area contributed by atoms with Gasteiger partial charge in [-0.05, 0) is 25.7 Å². The molecular weight excluding hydrogens is 228 g/mol. The topological polar surface area (TPSA) is 50.3 Å². The summed E-state index contributed by atoms with van der Waals surface area (Å²) in [5.41, 5.74) is 0. The molecular formula is C13H22N4O. The summed E-state index contributed by atoms with van der Waals surface area (Å²) in [5, 5.41) is 3.20. The van der Waals surface area contributed by atoms with Gasteiger partial charge in [-0.3, -0.25) is 0 Å². The molecule has 1 atom stereocenters. The van der Waals surface area contributed by atoms with Gasteiger partial charge in [-0.1, -0.05) is 0 Å². The Bertz CT molecular complexity index is 366. The van der Waals surface area contributed by atoms with Gasteiger partial charge in [0.1, 0.15) is 18.0 Å². The van der Waals surface area contributed by atoms with Gasteiger partial charge in [0.2, 0.25) is 0 Å². The van der Waals surface area contributed by atoms with Gasteiger partial charge in [-0.15, -0.1) is 0 Å². The van der Waals surface area contributed by atoms with Crippen LogP contribution in [0, 0.1) is 5.92 Å². The van der Waals surface area contributed by atoms with Gasteiger partial charge in [-0.2, -0.15) is 0 Å². The first-order valence-corrected chi connectivity index (χ1v) is 6.64. The fraction of sp³-hybridized carbons (Fsp3) is 0.692. The molecule has 1 aliphatic rings. The first-order chi connectivity index (χ1) is 8.79. The molecule has 0 spiro atoms. The van der Waals surface area contributed by atoms with Crippen molar-refractivity contribution in [2.45, 2.75) is 19.8 Å². The van der Waals surface area contributed by atoms with Gasteiger partial charge in [-0.25, -0.2) is 9.97 Å². The molecule has 5 heteroatoms. The number of anilines is 2. The third-order valence-corrected chi connectivity index (χ3v) is 3.19. The molecule has 0 bridgehead atoms. The van der Waals surface area contributed by atoms with Crippen molar-refractivity contribution >= 4 is 11.6 Å². The van der Waals surface area contributed by atoms with E-state index in [-0.39, 0.29) is 0 Å². The molecule has 1 unspecified atom stereocenters. The van der Waals surface area contributed by atoms with Gasteiger partial charge in [0.25, 0.3) is 0 Å². The van der Waals surface area contributed by atoms with E-state index in [1.165, 1.54) is 12.8 Å². The number of ether oxygens (including phenoxy) is 1. The molecule has 2 rings (SSSR count). The lowest BCUT2D eigenvalue weighted by atomic mass is 10.0. The predicted octanol–water partition coefficient (Wildman–Crippen LogP) is 1.77. The van der Waals surface area contributed by atoms with E-state index in [0.29, 0.717) is 5.92 Å². The van der Waals surface area contributed by atoms with E-state index in [9.17, 15) is 0 Å². The summed E-state index contributed by atoms with van der Waals surface area (Å²) in [4.78, 5) is 10.7. The molecule has 1 fully saturated rings. The third kappa shape index (κ3) is 3.57. The molecule has 1 saturated heterocycles. The van der Waals surface area contributed by atoms with Crippen molar-refractivity contribution in [2.24, 2.45) is 5.92 Å². The Labute approximate surface area is 109 Å². The fourth-order valence-electron chi connectivity index (χ4n) is 2.27. The summed E-state index contributed by atoms with van der Waals surface area (Å²) in [6, 6.07) is 1.99. The lowest BCUT2D eigenvalue weighted by Crippen LogP contribution is -2.31. The molecule has 0 aromatic carbocycles. The molecule has 1 aromatic heterocycles. The van der Waals surface area contributed by atoms with E-state index >= 15 is 0 Å². The summed E-state index contributed by atoms with van der Waals surface area (Å²) in [6.07, 6.45) is 4.03. The first-order valence-electron chi connectivity index (χ1n) is 6.64. The zero-order chi connectivity index (χ0) is 12.8. The van der Waals surface area contributed by atoms with E-state index < -0.39 is 0 Å². The summed E-state index contributed by atoms with van der Waals surface area (Å²) in [6.45, 7) is 5.71. The van der Waals surface area contributed by atoms with Crippen molar-refractivity contribution in [3.05, 3.63) is 12.4 Å². The zero-order valence-electron chi connectivity index (χ0n) is 11.2. The molecule has 1 aromatic rings. The molecule has 2 heterocycles. The molecule has 0 amide bonds. The van der Waals surface area contributed by atoms with Crippen LogP contribution in [-0.4, -0.2) is 43.3 Å². The molecule has 100 valence electrons. The molecule has 1 N–H and O–H groups in total. The van der Waals surface area contributed by atoms with Gasteiger partial charge in [0.05, 0.1) is 6.61 Å². The van der Waals surface area contributed by atoms with Crippen LogP contribution in [0.3, 0.4) is 0 Å². The second-order valence-corrected chi connectivity index (χ2v) is 4.76. The Morgan fingerprint density at radius 3 is 3.11 bits per heavy atom. The lowest BCUT2D eigenvalue weighted by molar-refractivity contribution is 0.0576.